The van der Waals surface area contributed by atoms with E-state index in [4.69, 9.17) is 4.74 Å². The molecule has 0 aromatic heterocycles. The van der Waals surface area contributed by atoms with Gasteiger partial charge in [0.2, 0.25) is 0 Å². The summed E-state index contributed by atoms with van der Waals surface area (Å²) in [6.07, 6.45) is 4.18. The molecule has 0 saturated carbocycles. The second-order valence-corrected chi connectivity index (χ2v) is 9.73. The third-order valence-electron chi connectivity index (χ3n) is 4.97. The van der Waals surface area contributed by atoms with Crippen LogP contribution in [0.5, 0.6) is 0 Å². The van der Waals surface area contributed by atoms with Crippen molar-refractivity contribution >= 4 is 19.6 Å². The molecule has 2 rings (SSSR count). The Morgan fingerprint density at radius 2 is 1.77 bits per heavy atom. The van der Waals surface area contributed by atoms with Gasteiger partial charge in [-0.3, -0.25) is 14.0 Å². The lowest BCUT2D eigenvalue weighted by Gasteiger charge is -2.38. The summed E-state index contributed by atoms with van der Waals surface area (Å²) < 4.78 is 20.2. The smallest absolute Gasteiger partial charge is 0.408 e. The molecule has 1 aromatic carbocycles. The standard InChI is InChI=1S/C21H35N4O4P/c1-3-5-14-22-30(28,23-15-6-4-2)25-16-10-13-19(20(25)26)24-21(27)29-17-18-11-8-7-9-12-18/h7-9,11-12,19H,3-6,10,13-17H2,1-2H3,(H,24,27)(H2,22,23,28)/t19-/m0/s1. The van der Waals surface area contributed by atoms with Gasteiger partial charge in [0.25, 0.3) is 5.91 Å². The quantitative estimate of drug-likeness (QED) is 0.339. The Bertz CT molecular complexity index is 702. The number of hydrogen-bond acceptors (Lipinski definition) is 4. The number of carbonyl (C=O) groups excluding carboxylic acids is 2. The molecule has 1 saturated heterocycles. The van der Waals surface area contributed by atoms with Crippen LogP contribution in [0.15, 0.2) is 30.3 Å². The van der Waals surface area contributed by atoms with Gasteiger partial charge in [-0.25, -0.2) is 15.0 Å². The lowest BCUT2D eigenvalue weighted by atomic mass is 10.1. The van der Waals surface area contributed by atoms with Crippen molar-refractivity contribution in [2.24, 2.45) is 0 Å². The molecule has 1 fully saturated rings. The molecule has 1 atom stereocenters. The maximum atomic E-state index is 13.6. The van der Waals surface area contributed by atoms with Gasteiger partial charge in [-0.2, -0.15) is 0 Å². The largest absolute Gasteiger partial charge is 0.445 e. The molecule has 0 aliphatic carbocycles. The minimum atomic E-state index is -3.26. The van der Waals surface area contributed by atoms with E-state index in [-0.39, 0.29) is 12.5 Å². The zero-order valence-electron chi connectivity index (χ0n) is 18.1. The molecule has 9 heteroatoms. The van der Waals surface area contributed by atoms with E-state index in [1.165, 1.54) is 4.67 Å². The number of amides is 2. The lowest BCUT2D eigenvalue weighted by Crippen LogP contribution is -2.53. The van der Waals surface area contributed by atoms with Crippen LogP contribution >= 0.6 is 7.59 Å². The lowest BCUT2D eigenvalue weighted by molar-refractivity contribution is -0.130. The number of alkyl carbamates (subject to hydrolysis) is 1. The van der Waals surface area contributed by atoms with Crippen molar-refractivity contribution in [2.45, 2.75) is 65.0 Å². The molecule has 168 valence electrons. The average molecular weight is 439 g/mol. The zero-order valence-corrected chi connectivity index (χ0v) is 19.0. The van der Waals surface area contributed by atoms with E-state index in [1.807, 2.05) is 30.3 Å². The van der Waals surface area contributed by atoms with Crippen LogP contribution in [0.4, 0.5) is 4.79 Å². The van der Waals surface area contributed by atoms with Crippen LogP contribution in [0, 0.1) is 0 Å². The van der Waals surface area contributed by atoms with E-state index in [9.17, 15) is 14.2 Å². The fourth-order valence-electron chi connectivity index (χ4n) is 3.22. The van der Waals surface area contributed by atoms with Crippen molar-refractivity contribution in [3.63, 3.8) is 0 Å². The van der Waals surface area contributed by atoms with Gasteiger partial charge < -0.3 is 10.1 Å². The predicted molar refractivity (Wildman–Crippen MR) is 118 cm³/mol. The third kappa shape index (κ3) is 7.42. The summed E-state index contributed by atoms with van der Waals surface area (Å²) in [7, 11) is -3.26. The van der Waals surface area contributed by atoms with Crippen molar-refractivity contribution in [3.05, 3.63) is 35.9 Å². The summed E-state index contributed by atoms with van der Waals surface area (Å²) in [6, 6.07) is 8.61. The van der Waals surface area contributed by atoms with Crippen LogP contribution in [0.1, 0.15) is 57.9 Å². The van der Waals surface area contributed by atoms with Gasteiger partial charge in [-0.05, 0) is 31.2 Å². The van der Waals surface area contributed by atoms with Gasteiger partial charge >= 0.3 is 13.7 Å². The van der Waals surface area contributed by atoms with Gasteiger partial charge in [0.1, 0.15) is 12.6 Å². The highest BCUT2D eigenvalue weighted by molar-refractivity contribution is 7.58. The highest BCUT2D eigenvalue weighted by atomic mass is 31.2. The molecule has 30 heavy (non-hydrogen) atoms. The van der Waals surface area contributed by atoms with Gasteiger partial charge in [-0.1, -0.05) is 57.0 Å². The Balaban J connectivity index is 1.97. The van der Waals surface area contributed by atoms with Crippen LogP contribution in [-0.4, -0.2) is 42.3 Å². The molecule has 0 unspecified atom stereocenters. The van der Waals surface area contributed by atoms with Crippen LogP contribution in [-0.2, 0) is 20.7 Å². The number of rotatable bonds is 12. The predicted octanol–water partition coefficient (Wildman–Crippen LogP) is 3.79. The van der Waals surface area contributed by atoms with E-state index in [2.05, 4.69) is 29.3 Å². The van der Waals surface area contributed by atoms with Crippen LogP contribution in [0.25, 0.3) is 0 Å². The minimum Gasteiger partial charge on any atom is -0.445 e. The fourth-order valence-corrected chi connectivity index (χ4v) is 5.44. The molecule has 1 aliphatic heterocycles. The normalized spacial score (nSPS) is 17.1. The number of piperidine rings is 1. The van der Waals surface area contributed by atoms with Gasteiger partial charge in [0, 0.05) is 19.6 Å². The Kier molecular flexibility index (Phi) is 10.3. The molecule has 0 radical (unpaired) electrons. The first-order chi connectivity index (χ1) is 14.5. The molecule has 2 amide bonds. The van der Waals surface area contributed by atoms with E-state index >= 15 is 0 Å². The highest BCUT2D eigenvalue weighted by Gasteiger charge is 2.40. The van der Waals surface area contributed by atoms with E-state index in [0.717, 1.165) is 31.2 Å². The summed E-state index contributed by atoms with van der Waals surface area (Å²) in [6.45, 7) is 5.77. The minimum absolute atomic E-state index is 0.132. The van der Waals surface area contributed by atoms with E-state index < -0.39 is 19.7 Å². The first-order valence-corrected chi connectivity index (χ1v) is 12.6. The van der Waals surface area contributed by atoms with Crippen molar-refractivity contribution in [2.75, 3.05) is 19.6 Å². The summed E-state index contributed by atoms with van der Waals surface area (Å²) in [5.74, 6) is -0.339. The number of carbonyl (C=O) groups is 2. The highest BCUT2D eigenvalue weighted by Crippen LogP contribution is 2.43. The number of benzene rings is 1. The van der Waals surface area contributed by atoms with E-state index in [1.54, 1.807) is 0 Å². The Labute approximate surface area is 179 Å². The topological polar surface area (TPSA) is 99.8 Å². The number of nitrogens with one attached hydrogen (secondary N) is 3. The maximum absolute atomic E-state index is 13.6. The maximum Gasteiger partial charge on any atom is 0.408 e. The summed E-state index contributed by atoms with van der Waals surface area (Å²) in [5, 5.41) is 8.81. The van der Waals surface area contributed by atoms with Gasteiger partial charge in [0.15, 0.2) is 0 Å². The second-order valence-electron chi connectivity index (χ2n) is 7.46. The first-order valence-electron chi connectivity index (χ1n) is 10.9. The van der Waals surface area contributed by atoms with Crippen molar-refractivity contribution in [3.8, 4) is 0 Å². The number of nitrogens with zero attached hydrogens (tertiary/aromatic N) is 1. The molecule has 8 nitrogen and oxygen atoms in total. The van der Waals surface area contributed by atoms with Gasteiger partial charge in [0.05, 0.1) is 0 Å². The molecular weight excluding hydrogens is 403 g/mol. The van der Waals surface area contributed by atoms with Crippen molar-refractivity contribution in [1.82, 2.24) is 20.2 Å². The SMILES string of the molecule is CCCCNP(=O)(NCCCC)N1CCC[C@H](NC(=O)OCc2ccccc2)C1=O. The molecule has 1 heterocycles. The fraction of sp³-hybridized carbons (Fsp3) is 0.619. The number of unbranched alkanes of at least 4 members (excludes halogenated alkanes) is 2. The van der Waals surface area contributed by atoms with Crippen molar-refractivity contribution < 1.29 is 18.9 Å². The molecule has 0 spiro atoms. The third-order valence-corrected chi connectivity index (χ3v) is 7.35. The number of hydrogen-bond donors (Lipinski definition) is 3. The molecule has 3 N–H and O–H groups in total. The zero-order chi connectivity index (χ0) is 21.8. The van der Waals surface area contributed by atoms with Crippen LogP contribution < -0.4 is 15.5 Å². The van der Waals surface area contributed by atoms with Crippen molar-refractivity contribution in [1.29, 1.82) is 0 Å². The molecule has 1 aromatic rings. The first kappa shape index (κ1) is 24.4. The van der Waals surface area contributed by atoms with Crippen LogP contribution in [0.2, 0.25) is 0 Å². The Morgan fingerprint density at radius 1 is 1.13 bits per heavy atom. The molecular formula is C21H35N4O4P. The van der Waals surface area contributed by atoms with E-state index in [0.29, 0.717) is 32.5 Å². The summed E-state index contributed by atoms with van der Waals surface area (Å²) >= 11 is 0. The summed E-state index contributed by atoms with van der Waals surface area (Å²) in [4.78, 5) is 25.3. The van der Waals surface area contributed by atoms with Gasteiger partial charge in [-0.15, -0.1) is 0 Å². The Hall–Kier alpha value is -1.89. The average Bonchev–Trinajstić information content (AvgIpc) is 2.75. The Morgan fingerprint density at radius 3 is 2.37 bits per heavy atom. The molecule has 0 bridgehead atoms. The summed E-state index contributed by atoms with van der Waals surface area (Å²) in [5.41, 5.74) is 0.869. The number of ether oxygens (including phenoxy) is 1. The molecule has 1 aliphatic rings. The monoisotopic (exact) mass is 438 g/mol. The second kappa shape index (κ2) is 12.7. The van der Waals surface area contributed by atoms with Crippen LogP contribution in [0.3, 0.4) is 0 Å².